The Morgan fingerprint density at radius 1 is 1.00 bits per heavy atom. The normalized spacial score (nSPS) is 17.1. The molecule has 0 spiro atoms. The molecule has 2 N–H and O–H groups in total. The van der Waals surface area contributed by atoms with Crippen molar-refractivity contribution in [1.82, 2.24) is 4.98 Å². The van der Waals surface area contributed by atoms with E-state index >= 15 is 0 Å². The number of hydrogen-bond donors (Lipinski definition) is 2. The van der Waals surface area contributed by atoms with Crippen molar-refractivity contribution in [2.24, 2.45) is 0 Å². The summed E-state index contributed by atoms with van der Waals surface area (Å²) in [4.78, 5) is 31.5. The number of aliphatic hydroxyl groups is 1. The fourth-order valence-electron chi connectivity index (χ4n) is 4.58. The number of aromatic amines is 1. The number of aromatic nitrogens is 1. The Labute approximate surface area is 208 Å². The van der Waals surface area contributed by atoms with E-state index in [-0.39, 0.29) is 11.3 Å². The number of H-pyrrole nitrogens is 1. The predicted octanol–water partition coefficient (Wildman–Crippen LogP) is 5.59. The zero-order valence-corrected chi connectivity index (χ0v) is 20.0. The zero-order chi connectivity index (χ0) is 25.2. The van der Waals surface area contributed by atoms with E-state index in [1.165, 1.54) is 12.0 Å². The highest BCUT2D eigenvalue weighted by Gasteiger charge is 2.47. The van der Waals surface area contributed by atoms with Gasteiger partial charge in [0, 0.05) is 34.4 Å². The molecule has 1 aromatic heterocycles. The zero-order valence-electron chi connectivity index (χ0n) is 20.0. The van der Waals surface area contributed by atoms with E-state index in [4.69, 9.17) is 9.47 Å². The van der Waals surface area contributed by atoms with Gasteiger partial charge in [-0.15, -0.1) is 0 Å². The molecule has 1 amide bonds. The minimum absolute atomic E-state index is 0.0141. The minimum atomic E-state index is -0.865. The molecule has 1 unspecified atom stereocenters. The van der Waals surface area contributed by atoms with Gasteiger partial charge in [0.15, 0.2) is 0 Å². The van der Waals surface area contributed by atoms with Crippen LogP contribution < -0.4 is 14.4 Å². The summed E-state index contributed by atoms with van der Waals surface area (Å²) in [6, 6.07) is 20.8. The van der Waals surface area contributed by atoms with Crippen molar-refractivity contribution in [2.75, 3.05) is 18.6 Å². The van der Waals surface area contributed by atoms with Gasteiger partial charge in [-0.25, -0.2) is 0 Å². The first-order valence-electron chi connectivity index (χ1n) is 11.8. The molecular weight excluding hydrogens is 456 g/mol. The molecule has 1 aliphatic heterocycles. The molecule has 0 saturated carbocycles. The Balaban J connectivity index is 1.72. The van der Waals surface area contributed by atoms with E-state index < -0.39 is 17.7 Å². The van der Waals surface area contributed by atoms with Crippen LogP contribution in [0.15, 0.2) is 84.6 Å². The lowest BCUT2D eigenvalue weighted by Gasteiger charge is -2.26. The van der Waals surface area contributed by atoms with E-state index in [1.807, 2.05) is 55.5 Å². The molecule has 1 fully saturated rings. The number of aliphatic hydroxyl groups excluding tert-OH is 1. The van der Waals surface area contributed by atoms with E-state index in [2.05, 4.69) is 4.98 Å². The second kappa shape index (κ2) is 9.62. The second-order valence-electron chi connectivity index (χ2n) is 8.54. The van der Waals surface area contributed by atoms with Crippen molar-refractivity contribution >= 4 is 34.0 Å². The van der Waals surface area contributed by atoms with Gasteiger partial charge in [0.25, 0.3) is 11.7 Å². The Bertz CT molecular complexity index is 1490. The number of hydrogen-bond acceptors (Lipinski definition) is 5. The highest BCUT2D eigenvalue weighted by molar-refractivity contribution is 6.51. The number of benzene rings is 3. The molecule has 2 heterocycles. The Kier molecular flexibility index (Phi) is 6.21. The molecule has 0 aliphatic carbocycles. The van der Waals surface area contributed by atoms with Gasteiger partial charge in [-0.05, 0) is 42.3 Å². The summed E-state index contributed by atoms with van der Waals surface area (Å²) >= 11 is 0. The molecule has 182 valence electrons. The number of fused-ring (bicyclic) bond motifs is 1. The fourth-order valence-corrected chi connectivity index (χ4v) is 4.58. The molecule has 7 heteroatoms. The van der Waals surface area contributed by atoms with E-state index in [0.29, 0.717) is 34.9 Å². The van der Waals surface area contributed by atoms with Gasteiger partial charge in [0.1, 0.15) is 17.3 Å². The van der Waals surface area contributed by atoms with Crippen LogP contribution in [-0.4, -0.2) is 35.5 Å². The molecule has 1 saturated heterocycles. The van der Waals surface area contributed by atoms with Crippen LogP contribution in [0.4, 0.5) is 5.69 Å². The standard InChI is InChI=1S/C29H26N2O5/c1-3-14-36-21-11-6-8-18(15-21)26-25(27(32)23-17-30-24-13-5-4-12-22(23)24)28(33)29(34)31(26)19-9-7-10-20(16-19)35-2/h4-13,15-17,26,30,32H,3,14H2,1-2H3/b27-25-. The topological polar surface area (TPSA) is 91.9 Å². The van der Waals surface area contributed by atoms with Crippen molar-refractivity contribution < 1.29 is 24.2 Å². The van der Waals surface area contributed by atoms with Gasteiger partial charge in [-0.2, -0.15) is 0 Å². The number of Topliss-reactive ketones (excluding diaryl/α,β-unsaturated/α-hetero) is 1. The maximum atomic E-state index is 13.5. The third-order valence-electron chi connectivity index (χ3n) is 6.27. The van der Waals surface area contributed by atoms with Gasteiger partial charge in [-0.3, -0.25) is 14.5 Å². The smallest absolute Gasteiger partial charge is 0.300 e. The van der Waals surface area contributed by atoms with Gasteiger partial charge < -0.3 is 19.6 Å². The summed E-state index contributed by atoms with van der Waals surface area (Å²) in [5.74, 6) is -0.552. The number of nitrogens with one attached hydrogen (secondary N) is 1. The second-order valence-corrected chi connectivity index (χ2v) is 8.54. The monoisotopic (exact) mass is 482 g/mol. The van der Waals surface area contributed by atoms with Gasteiger partial charge in [-0.1, -0.05) is 43.3 Å². The van der Waals surface area contributed by atoms with Crippen molar-refractivity contribution in [2.45, 2.75) is 19.4 Å². The van der Waals surface area contributed by atoms with Crippen LogP contribution in [0, 0.1) is 0 Å². The van der Waals surface area contributed by atoms with E-state index in [1.54, 1.807) is 30.5 Å². The number of carbonyl (C=O) groups is 2. The van der Waals surface area contributed by atoms with Crippen LogP contribution in [-0.2, 0) is 9.59 Å². The van der Waals surface area contributed by atoms with Crippen molar-refractivity contribution in [3.63, 3.8) is 0 Å². The van der Waals surface area contributed by atoms with E-state index in [0.717, 1.165) is 17.3 Å². The lowest BCUT2D eigenvalue weighted by molar-refractivity contribution is -0.132. The first-order chi connectivity index (χ1) is 17.5. The summed E-state index contributed by atoms with van der Waals surface area (Å²) in [6.07, 6.45) is 2.49. The van der Waals surface area contributed by atoms with Crippen LogP contribution in [0.5, 0.6) is 11.5 Å². The van der Waals surface area contributed by atoms with Crippen molar-refractivity contribution in [3.8, 4) is 11.5 Å². The van der Waals surface area contributed by atoms with Crippen LogP contribution in [0.1, 0.15) is 30.5 Å². The predicted molar refractivity (Wildman–Crippen MR) is 138 cm³/mol. The molecule has 0 radical (unpaired) electrons. The molecule has 3 aromatic carbocycles. The molecule has 7 nitrogen and oxygen atoms in total. The highest BCUT2D eigenvalue weighted by Crippen LogP contribution is 2.44. The van der Waals surface area contributed by atoms with Gasteiger partial charge in [0.05, 0.1) is 25.3 Å². The quantitative estimate of drug-likeness (QED) is 0.203. The molecule has 0 bridgehead atoms. The Morgan fingerprint density at radius 3 is 2.58 bits per heavy atom. The first kappa shape index (κ1) is 23.2. The summed E-state index contributed by atoms with van der Waals surface area (Å²) < 4.78 is 11.2. The SMILES string of the molecule is CCCOc1cccc(C2/C(=C(/O)c3c[nH]c4ccccc34)C(=O)C(=O)N2c2cccc(OC)c2)c1. The molecule has 1 aliphatic rings. The van der Waals surface area contributed by atoms with Gasteiger partial charge >= 0.3 is 0 Å². The van der Waals surface area contributed by atoms with Gasteiger partial charge in [0.2, 0.25) is 0 Å². The molecule has 4 aromatic rings. The minimum Gasteiger partial charge on any atom is -0.507 e. The maximum Gasteiger partial charge on any atom is 0.300 e. The maximum absolute atomic E-state index is 13.5. The lowest BCUT2D eigenvalue weighted by Crippen LogP contribution is -2.29. The summed E-state index contributed by atoms with van der Waals surface area (Å²) in [6.45, 7) is 2.55. The van der Waals surface area contributed by atoms with Crippen LogP contribution >= 0.6 is 0 Å². The molecular formula is C29H26N2O5. The highest BCUT2D eigenvalue weighted by atomic mass is 16.5. The number of nitrogens with zero attached hydrogens (tertiary/aromatic N) is 1. The number of ketones is 1. The average molecular weight is 483 g/mol. The number of amides is 1. The molecule has 36 heavy (non-hydrogen) atoms. The number of anilines is 1. The molecule has 5 rings (SSSR count). The van der Waals surface area contributed by atoms with Crippen molar-refractivity contribution in [1.29, 1.82) is 0 Å². The molecule has 1 atom stereocenters. The summed E-state index contributed by atoms with van der Waals surface area (Å²) in [5, 5.41) is 12.3. The average Bonchev–Trinajstić information content (AvgIpc) is 3.46. The summed E-state index contributed by atoms with van der Waals surface area (Å²) in [5.41, 5.74) is 2.41. The van der Waals surface area contributed by atoms with Crippen molar-refractivity contribution in [3.05, 3.63) is 95.7 Å². The first-order valence-corrected chi connectivity index (χ1v) is 11.8. The lowest BCUT2D eigenvalue weighted by atomic mass is 9.94. The van der Waals surface area contributed by atoms with Crippen LogP contribution in [0.3, 0.4) is 0 Å². The third kappa shape index (κ3) is 3.98. The number of carbonyl (C=O) groups excluding carboxylic acids is 2. The number of para-hydroxylation sites is 1. The Morgan fingerprint density at radius 2 is 1.78 bits per heavy atom. The largest absolute Gasteiger partial charge is 0.507 e. The Hall–Kier alpha value is -4.52. The summed E-state index contributed by atoms with van der Waals surface area (Å²) in [7, 11) is 1.54. The number of ether oxygens (including phenoxy) is 2. The number of methoxy groups -OCH3 is 1. The van der Waals surface area contributed by atoms with Crippen LogP contribution in [0.25, 0.3) is 16.7 Å². The number of rotatable bonds is 7. The fraction of sp³-hybridized carbons (Fsp3) is 0.172. The third-order valence-corrected chi connectivity index (χ3v) is 6.27. The van der Waals surface area contributed by atoms with Crippen LogP contribution in [0.2, 0.25) is 0 Å². The van der Waals surface area contributed by atoms with E-state index in [9.17, 15) is 14.7 Å².